The van der Waals surface area contributed by atoms with Crippen LogP contribution in [0.15, 0.2) is 47.4 Å². The molecule has 1 aromatic heterocycles. The molecular formula is C13H13NO2. The number of benzene rings is 1. The van der Waals surface area contributed by atoms with Gasteiger partial charge < -0.3 is 9.30 Å². The molecule has 0 saturated carbocycles. The maximum atomic E-state index is 11.5. The fourth-order valence-electron chi connectivity index (χ4n) is 1.73. The highest BCUT2D eigenvalue weighted by Gasteiger charge is 2.07. The lowest BCUT2D eigenvalue weighted by molar-refractivity contribution is 0.403. The van der Waals surface area contributed by atoms with Gasteiger partial charge in [-0.3, -0.25) is 4.79 Å². The second-order valence-electron chi connectivity index (χ2n) is 3.50. The average molecular weight is 215 g/mol. The van der Waals surface area contributed by atoms with E-state index in [0.717, 1.165) is 11.4 Å². The Labute approximate surface area is 93.9 Å². The molecular weight excluding hydrogens is 202 g/mol. The minimum absolute atomic E-state index is 0.0906. The van der Waals surface area contributed by atoms with E-state index in [0.29, 0.717) is 5.75 Å². The molecule has 82 valence electrons. The molecule has 0 aliphatic heterocycles. The molecule has 0 unspecified atom stereocenters. The fourth-order valence-corrected chi connectivity index (χ4v) is 1.73. The Bertz CT molecular complexity index is 544. The van der Waals surface area contributed by atoms with Gasteiger partial charge in [0, 0.05) is 18.0 Å². The smallest absolute Gasteiger partial charge is 0.223 e. The van der Waals surface area contributed by atoms with Crippen molar-refractivity contribution in [3.05, 3.63) is 58.5 Å². The Balaban J connectivity index is 2.64. The molecule has 0 N–H and O–H groups in total. The average Bonchev–Trinajstić information content (AvgIpc) is 2.31. The van der Waals surface area contributed by atoms with Crippen molar-refractivity contribution < 1.29 is 4.74 Å². The van der Waals surface area contributed by atoms with Crippen LogP contribution in [0.25, 0.3) is 5.69 Å². The van der Waals surface area contributed by atoms with E-state index in [1.807, 2.05) is 41.8 Å². The molecule has 16 heavy (non-hydrogen) atoms. The van der Waals surface area contributed by atoms with Gasteiger partial charge in [-0.05, 0) is 19.1 Å². The number of aromatic nitrogens is 1. The summed E-state index contributed by atoms with van der Waals surface area (Å²) in [6.07, 6.45) is 1.76. The molecule has 2 aromatic rings. The SMILES string of the molecule is COc1c(C)n(-c2ccccc2)ccc1=O. The van der Waals surface area contributed by atoms with Gasteiger partial charge >= 0.3 is 0 Å². The van der Waals surface area contributed by atoms with Crippen LogP contribution < -0.4 is 10.2 Å². The number of pyridine rings is 1. The van der Waals surface area contributed by atoms with Crippen LogP contribution in [0.1, 0.15) is 5.69 Å². The first kappa shape index (κ1) is 10.5. The van der Waals surface area contributed by atoms with E-state index in [4.69, 9.17) is 4.74 Å². The van der Waals surface area contributed by atoms with E-state index in [-0.39, 0.29) is 5.43 Å². The predicted molar refractivity (Wildman–Crippen MR) is 63.3 cm³/mol. The summed E-state index contributed by atoms with van der Waals surface area (Å²) < 4.78 is 7.04. The summed E-state index contributed by atoms with van der Waals surface area (Å²) in [5, 5.41) is 0. The Hall–Kier alpha value is -2.03. The minimum Gasteiger partial charge on any atom is -0.491 e. The zero-order valence-corrected chi connectivity index (χ0v) is 9.31. The van der Waals surface area contributed by atoms with Gasteiger partial charge in [0.25, 0.3) is 0 Å². The van der Waals surface area contributed by atoms with Gasteiger partial charge in [-0.1, -0.05) is 18.2 Å². The van der Waals surface area contributed by atoms with E-state index >= 15 is 0 Å². The van der Waals surface area contributed by atoms with Crippen LogP contribution in [-0.2, 0) is 0 Å². The lowest BCUT2D eigenvalue weighted by Gasteiger charge is -2.12. The predicted octanol–water partition coefficient (Wildman–Crippen LogP) is 2.15. The van der Waals surface area contributed by atoms with Crippen LogP contribution in [0, 0.1) is 6.92 Å². The molecule has 0 aliphatic rings. The maximum absolute atomic E-state index is 11.5. The summed E-state index contributed by atoms with van der Waals surface area (Å²) >= 11 is 0. The second-order valence-corrected chi connectivity index (χ2v) is 3.50. The number of hydrogen-bond donors (Lipinski definition) is 0. The Morgan fingerprint density at radius 3 is 2.44 bits per heavy atom. The maximum Gasteiger partial charge on any atom is 0.223 e. The van der Waals surface area contributed by atoms with E-state index < -0.39 is 0 Å². The van der Waals surface area contributed by atoms with Crippen molar-refractivity contribution in [1.29, 1.82) is 0 Å². The van der Waals surface area contributed by atoms with Crippen molar-refractivity contribution in [2.45, 2.75) is 6.92 Å². The summed E-state index contributed by atoms with van der Waals surface area (Å²) in [5.41, 5.74) is 1.73. The molecule has 2 rings (SSSR count). The van der Waals surface area contributed by atoms with Crippen LogP contribution in [0.4, 0.5) is 0 Å². The quantitative estimate of drug-likeness (QED) is 0.768. The topological polar surface area (TPSA) is 31.2 Å². The Morgan fingerprint density at radius 1 is 1.12 bits per heavy atom. The highest BCUT2D eigenvalue weighted by atomic mass is 16.5. The number of para-hydroxylation sites is 1. The molecule has 1 aromatic carbocycles. The molecule has 0 spiro atoms. The van der Waals surface area contributed by atoms with Gasteiger partial charge in [-0.2, -0.15) is 0 Å². The summed E-state index contributed by atoms with van der Waals surface area (Å²) in [6, 6.07) is 11.4. The van der Waals surface area contributed by atoms with Crippen molar-refractivity contribution in [2.75, 3.05) is 7.11 Å². The first-order valence-electron chi connectivity index (χ1n) is 5.05. The van der Waals surface area contributed by atoms with Crippen molar-refractivity contribution in [2.24, 2.45) is 0 Å². The first-order chi connectivity index (χ1) is 7.74. The van der Waals surface area contributed by atoms with Gasteiger partial charge in [0.2, 0.25) is 5.43 Å². The van der Waals surface area contributed by atoms with Gasteiger partial charge in [0.05, 0.1) is 12.8 Å². The second kappa shape index (κ2) is 4.23. The third kappa shape index (κ3) is 1.72. The van der Waals surface area contributed by atoms with Crippen molar-refractivity contribution in [3.63, 3.8) is 0 Å². The van der Waals surface area contributed by atoms with Crippen molar-refractivity contribution in [3.8, 4) is 11.4 Å². The third-order valence-corrected chi connectivity index (χ3v) is 2.53. The number of methoxy groups -OCH3 is 1. The van der Waals surface area contributed by atoms with Gasteiger partial charge in [-0.15, -0.1) is 0 Å². The van der Waals surface area contributed by atoms with Crippen LogP contribution >= 0.6 is 0 Å². The minimum atomic E-state index is -0.0906. The lowest BCUT2D eigenvalue weighted by Crippen LogP contribution is -2.11. The van der Waals surface area contributed by atoms with Gasteiger partial charge in [-0.25, -0.2) is 0 Å². The van der Waals surface area contributed by atoms with E-state index in [1.165, 1.54) is 13.2 Å². The molecule has 0 atom stereocenters. The van der Waals surface area contributed by atoms with Crippen molar-refractivity contribution >= 4 is 0 Å². The molecule has 0 aliphatic carbocycles. The monoisotopic (exact) mass is 215 g/mol. The van der Waals surface area contributed by atoms with Crippen molar-refractivity contribution in [1.82, 2.24) is 4.57 Å². The lowest BCUT2D eigenvalue weighted by atomic mass is 10.2. The molecule has 3 heteroatoms. The summed E-state index contributed by atoms with van der Waals surface area (Å²) in [5.74, 6) is 0.395. The molecule has 0 fully saturated rings. The summed E-state index contributed by atoms with van der Waals surface area (Å²) in [7, 11) is 1.51. The number of hydrogen-bond acceptors (Lipinski definition) is 2. The third-order valence-electron chi connectivity index (χ3n) is 2.53. The standard InChI is InChI=1S/C13H13NO2/c1-10-13(16-2)12(15)8-9-14(10)11-6-4-3-5-7-11/h3-9H,1-2H3. The number of rotatable bonds is 2. The van der Waals surface area contributed by atoms with Crippen LogP contribution in [0.3, 0.4) is 0 Å². The Morgan fingerprint density at radius 2 is 1.81 bits per heavy atom. The molecule has 0 radical (unpaired) electrons. The molecule has 0 amide bonds. The van der Waals surface area contributed by atoms with Crippen LogP contribution in [-0.4, -0.2) is 11.7 Å². The molecule has 0 bridgehead atoms. The highest BCUT2D eigenvalue weighted by Crippen LogP contribution is 2.16. The molecule has 0 saturated heterocycles. The summed E-state index contributed by atoms with van der Waals surface area (Å²) in [6.45, 7) is 1.87. The normalized spacial score (nSPS) is 10.1. The van der Waals surface area contributed by atoms with E-state index in [2.05, 4.69) is 0 Å². The summed E-state index contributed by atoms with van der Waals surface area (Å²) in [4.78, 5) is 11.5. The van der Waals surface area contributed by atoms with Gasteiger partial charge in [0.15, 0.2) is 5.75 Å². The van der Waals surface area contributed by atoms with Crippen LogP contribution in [0.5, 0.6) is 5.75 Å². The Kier molecular flexibility index (Phi) is 2.77. The van der Waals surface area contributed by atoms with E-state index in [1.54, 1.807) is 6.20 Å². The molecule has 1 heterocycles. The fraction of sp³-hybridized carbons (Fsp3) is 0.154. The zero-order valence-electron chi connectivity index (χ0n) is 9.31. The number of ether oxygens (including phenoxy) is 1. The van der Waals surface area contributed by atoms with Gasteiger partial charge in [0.1, 0.15) is 0 Å². The zero-order chi connectivity index (χ0) is 11.5. The van der Waals surface area contributed by atoms with Crippen LogP contribution in [0.2, 0.25) is 0 Å². The molecule has 3 nitrogen and oxygen atoms in total. The number of nitrogens with zero attached hydrogens (tertiary/aromatic N) is 1. The highest BCUT2D eigenvalue weighted by molar-refractivity contribution is 5.38. The largest absolute Gasteiger partial charge is 0.491 e. The first-order valence-corrected chi connectivity index (χ1v) is 5.05. The van der Waals surface area contributed by atoms with E-state index in [9.17, 15) is 4.79 Å².